The van der Waals surface area contributed by atoms with E-state index in [-0.39, 0.29) is 6.04 Å². The number of nitrogens with one attached hydrogen (secondary N) is 1. The first-order valence-electron chi connectivity index (χ1n) is 11.0. The lowest BCUT2D eigenvalue weighted by Crippen LogP contribution is -2.37. The summed E-state index contributed by atoms with van der Waals surface area (Å²) in [6.07, 6.45) is 6.22. The van der Waals surface area contributed by atoms with Crippen molar-refractivity contribution in [2.24, 2.45) is 11.8 Å². The van der Waals surface area contributed by atoms with Crippen molar-refractivity contribution in [1.82, 2.24) is 4.90 Å². The molecular formula is C25H31N3O3. The fraction of sp³-hybridized carbons (Fsp3) is 0.440. The molecule has 4 rings (SSSR count). The van der Waals surface area contributed by atoms with Crippen molar-refractivity contribution in [2.75, 3.05) is 19.4 Å². The van der Waals surface area contributed by atoms with E-state index in [1.54, 1.807) is 19.2 Å². The van der Waals surface area contributed by atoms with Gasteiger partial charge in [-0.3, -0.25) is 4.90 Å². The molecule has 2 aromatic rings. The van der Waals surface area contributed by atoms with Crippen molar-refractivity contribution in [2.45, 2.75) is 45.2 Å². The molecule has 0 radical (unpaired) electrons. The van der Waals surface area contributed by atoms with Crippen molar-refractivity contribution in [1.29, 1.82) is 5.41 Å². The molecule has 1 saturated carbocycles. The molecule has 1 aliphatic carbocycles. The molecule has 164 valence electrons. The molecule has 1 aliphatic heterocycles. The van der Waals surface area contributed by atoms with Gasteiger partial charge in [0.15, 0.2) is 0 Å². The molecule has 0 aromatic heterocycles. The summed E-state index contributed by atoms with van der Waals surface area (Å²) < 4.78 is 5.67. The molecule has 0 amide bonds. The van der Waals surface area contributed by atoms with E-state index in [0.717, 1.165) is 53.3 Å². The summed E-state index contributed by atoms with van der Waals surface area (Å²) in [5.41, 5.74) is 11.0. The molecule has 2 unspecified atom stereocenters. The van der Waals surface area contributed by atoms with E-state index in [4.69, 9.17) is 15.9 Å². The maximum absolute atomic E-state index is 11.3. The number of piperidine rings is 1. The Kier molecular flexibility index (Phi) is 6.01. The van der Waals surface area contributed by atoms with Gasteiger partial charge in [0.2, 0.25) is 0 Å². The zero-order valence-electron chi connectivity index (χ0n) is 18.2. The maximum atomic E-state index is 11.3. The molecule has 0 spiro atoms. The second-order valence-corrected chi connectivity index (χ2v) is 8.88. The SMILES string of the molecule is COc1cc(C)c(N)c(C=N)c1CN1CCC(C2CC2)CC1c1ccc(C(=O)O)cc1. The normalized spacial score (nSPS) is 21.6. The lowest BCUT2D eigenvalue weighted by Gasteiger charge is -2.40. The predicted molar refractivity (Wildman–Crippen MR) is 122 cm³/mol. The van der Waals surface area contributed by atoms with Crippen LogP contribution in [0.1, 0.15) is 64.3 Å². The van der Waals surface area contributed by atoms with Gasteiger partial charge < -0.3 is 21.0 Å². The minimum absolute atomic E-state index is 0.202. The molecule has 2 aliphatic rings. The maximum Gasteiger partial charge on any atom is 0.335 e. The van der Waals surface area contributed by atoms with E-state index in [2.05, 4.69) is 4.90 Å². The third-order valence-corrected chi connectivity index (χ3v) is 7.00. The predicted octanol–water partition coefficient (Wildman–Crippen LogP) is 4.64. The first kappa shape index (κ1) is 21.4. The van der Waals surface area contributed by atoms with Gasteiger partial charge in [-0.2, -0.15) is 0 Å². The summed E-state index contributed by atoms with van der Waals surface area (Å²) in [6.45, 7) is 3.53. The van der Waals surface area contributed by atoms with Crippen molar-refractivity contribution in [3.05, 3.63) is 58.1 Å². The van der Waals surface area contributed by atoms with Gasteiger partial charge in [0, 0.05) is 35.6 Å². The lowest BCUT2D eigenvalue weighted by atomic mass is 9.83. The molecule has 6 heteroatoms. The molecule has 2 fully saturated rings. The smallest absolute Gasteiger partial charge is 0.335 e. The minimum Gasteiger partial charge on any atom is -0.496 e. The molecular weight excluding hydrogens is 390 g/mol. The summed E-state index contributed by atoms with van der Waals surface area (Å²) in [6, 6.07) is 9.45. The zero-order chi connectivity index (χ0) is 22.1. The Morgan fingerprint density at radius 1 is 1.26 bits per heavy atom. The Balaban J connectivity index is 1.68. The Bertz CT molecular complexity index is 982. The number of carboxylic acid groups (broad SMARTS) is 1. The van der Waals surface area contributed by atoms with Gasteiger partial charge in [-0.1, -0.05) is 12.1 Å². The first-order valence-corrected chi connectivity index (χ1v) is 11.0. The number of carboxylic acids is 1. The van der Waals surface area contributed by atoms with E-state index in [1.807, 2.05) is 25.1 Å². The summed E-state index contributed by atoms with van der Waals surface area (Å²) in [7, 11) is 1.66. The highest BCUT2D eigenvalue weighted by molar-refractivity contribution is 5.89. The summed E-state index contributed by atoms with van der Waals surface area (Å²) in [5, 5.41) is 17.2. The fourth-order valence-corrected chi connectivity index (χ4v) is 5.00. The van der Waals surface area contributed by atoms with Crippen LogP contribution >= 0.6 is 0 Å². The highest BCUT2D eigenvalue weighted by atomic mass is 16.5. The Morgan fingerprint density at radius 3 is 2.55 bits per heavy atom. The number of hydrogen-bond acceptors (Lipinski definition) is 5. The van der Waals surface area contributed by atoms with Crippen LogP contribution in [0.4, 0.5) is 5.69 Å². The highest BCUT2D eigenvalue weighted by Gasteiger charge is 2.38. The Labute approximate surface area is 183 Å². The fourth-order valence-electron chi connectivity index (χ4n) is 5.00. The van der Waals surface area contributed by atoms with Crippen molar-refractivity contribution < 1.29 is 14.6 Å². The van der Waals surface area contributed by atoms with Crippen molar-refractivity contribution >= 4 is 17.9 Å². The van der Waals surface area contributed by atoms with Crippen molar-refractivity contribution in [3.63, 3.8) is 0 Å². The number of carbonyl (C=O) groups is 1. The van der Waals surface area contributed by atoms with Crippen LogP contribution in [0, 0.1) is 24.2 Å². The van der Waals surface area contributed by atoms with Crippen LogP contribution in [0.15, 0.2) is 30.3 Å². The largest absolute Gasteiger partial charge is 0.496 e. The number of likely N-dealkylation sites (tertiary alicyclic amines) is 1. The molecule has 6 nitrogen and oxygen atoms in total. The number of hydrogen-bond donors (Lipinski definition) is 3. The van der Waals surface area contributed by atoms with Gasteiger partial charge in [-0.05, 0) is 80.3 Å². The first-order chi connectivity index (χ1) is 14.9. The number of aryl methyl sites for hydroxylation is 1. The van der Waals surface area contributed by atoms with Crippen molar-refractivity contribution in [3.8, 4) is 5.75 Å². The number of nitrogens with two attached hydrogens (primary N) is 1. The number of nitrogens with zero attached hydrogens (tertiary/aromatic N) is 1. The summed E-state index contributed by atoms with van der Waals surface area (Å²) >= 11 is 0. The molecule has 1 saturated heterocycles. The molecule has 31 heavy (non-hydrogen) atoms. The topological polar surface area (TPSA) is 99.6 Å². The summed E-state index contributed by atoms with van der Waals surface area (Å²) in [5.74, 6) is 1.41. The van der Waals surface area contributed by atoms with Gasteiger partial charge in [0.05, 0.1) is 12.7 Å². The number of aromatic carboxylic acids is 1. The molecule has 0 bridgehead atoms. The van der Waals surface area contributed by atoms with Gasteiger partial charge >= 0.3 is 5.97 Å². The minimum atomic E-state index is -0.904. The van der Waals surface area contributed by atoms with E-state index < -0.39 is 5.97 Å². The van der Waals surface area contributed by atoms with Gasteiger partial charge in [-0.15, -0.1) is 0 Å². The van der Waals surface area contributed by atoms with Crippen LogP contribution in [0.3, 0.4) is 0 Å². The van der Waals surface area contributed by atoms with E-state index in [1.165, 1.54) is 19.1 Å². The van der Waals surface area contributed by atoms with Crippen LogP contribution in [-0.2, 0) is 6.54 Å². The Morgan fingerprint density at radius 2 is 1.97 bits per heavy atom. The molecule has 4 N–H and O–H groups in total. The van der Waals surface area contributed by atoms with E-state index in [9.17, 15) is 9.90 Å². The van der Waals surface area contributed by atoms with Crippen LogP contribution in [0.25, 0.3) is 0 Å². The second-order valence-electron chi connectivity index (χ2n) is 8.88. The molecule has 2 atom stereocenters. The van der Waals surface area contributed by atoms with Crippen LogP contribution in [0.2, 0.25) is 0 Å². The lowest BCUT2D eigenvalue weighted by molar-refractivity contribution is 0.0696. The molecule has 2 aromatic carbocycles. The number of benzene rings is 2. The Hall–Kier alpha value is -2.86. The van der Waals surface area contributed by atoms with Crippen LogP contribution in [-0.4, -0.2) is 35.8 Å². The highest BCUT2D eigenvalue weighted by Crippen LogP contribution is 2.47. The van der Waals surface area contributed by atoms with E-state index >= 15 is 0 Å². The summed E-state index contributed by atoms with van der Waals surface area (Å²) in [4.78, 5) is 13.7. The average molecular weight is 422 g/mol. The number of methoxy groups -OCH3 is 1. The van der Waals surface area contributed by atoms with E-state index in [0.29, 0.717) is 23.7 Å². The average Bonchev–Trinajstić information content (AvgIpc) is 3.62. The van der Waals surface area contributed by atoms with Crippen LogP contribution < -0.4 is 10.5 Å². The quantitative estimate of drug-likeness (QED) is 0.447. The zero-order valence-corrected chi connectivity index (χ0v) is 18.2. The second kappa shape index (κ2) is 8.71. The van der Waals surface area contributed by atoms with Gasteiger partial charge in [-0.25, -0.2) is 4.79 Å². The molecule has 1 heterocycles. The third kappa shape index (κ3) is 4.30. The third-order valence-electron chi connectivity index (χ3n) is 7.00. The number of anilines is 1. The number of rotatable bonds is 7. The number of ether oxygens (including phenoxy) is 1. The van der Waals surface area contributed by atoms with Gasteiger partial charge in [0.1, 0.15) is 5.75 Å². The monoisotopic (exact) mass is 421 g/mol. The van der Waals surface area contributed by atoms with Crippen LogP contribution in [0.5, 0.6) is 5.75 Å². The van der Waals surface area contributed by atoms with Gasteiger partial charge in [0.25, 0.3) is 0 Å². The standard InChI is InChI=1S/C25H31N3O3/c1-15-11-23(31-2)21(20(13-26)24(15)27)14-28-10-9-19(16-3-4-16)12-22(28)17-5-7-18(8-6-17)25(29)30/h5-8,11,13,16,19,22,26H,3-4,9-10,12,14,27H2,1-2H3,(H,29,30). The number of nitrogen functional groups attached to an aromatic ring is 1.